The molecule has 0 spiro atoms. The average molecular weight is 387 g/mol. The molecule has 29 heavy (non-hydrogen) atoms. The van der Waals surface area contributed by atoms with E-state index in [1.807, 2.05) is 36.4 Å². The number of carbonyl (C=O) groups is 1. The van der Waals surface area contributed by atoms with E-state index in [2.05, 4.69) is 22.8 Å². The lowest BCUT2D eigenvalue weighted by Gasteiger charge is -2.22. The fourth-order valence-corrected chi connectivity index (χ4v) is 3.35. The molecule has 1 amide bonds. The monoisotopic (exact) mass is 387 g/mol. The molecule has 1 aliphatic carbocycles. The lowest BCUT2D eigenvalue weighted by molar-refractivity contribution is 0.102. The van der Waals surface area contributed by atoms with Crippen molar-refractivity contribution >= 4 is 23.0 Å². The highest BCUT2D eigenvalue weighted by Gasteiger charge is 2.25. The van der Waals surface area contributed by atoms with Crippen LogP contribution in [-0.2, 0) is 6.42 Å². The van der Waals surface area contributed by atoms with Crippen LogP contribution in [-0.4, -0.2) is 11.6 Å². The maximum Gasteiger partial charge on any atom is 0.359 e. The lowest BCUT2D eigenvalue weighted by Crippen LogP contribution is -2.25. The van der Waals surface area contributed by atoms with Crippen molar-refractivity contribution in [1.82, 2.24) is 0 Å². The molecule has 1 aromatic heterocycles. The SMILES string of the molecule is CC1C/C(=N\Nc2ccccc2)c2cc(NC(=O)c3ccccc3)c(=O)oc2C1. The number of hydrogen-bond donors (Lipinski definition) is 2. The van der Waals surface area contributed by atoms with Crippen molar-refractivity contribution in [2.45, 2.75) is 19.8 Å². The van der Waals surface area contributed by atoms with Crippen LogP contribution in [0.5, 0.6) is 0 Å². The number of hydrogen-bond acceptors (Lipinski definition) is 5. The van der Waals surface area contributed by atoms with Gasteiger partial charge in [-0.05, 0) is 42.7 Å². The minimum absolute atomic E-state index is 0.111. The van der Waals surface area contributed by atoms with Gasteiger partial charge in [-0.3, -0.25) is 10.2 Å². The Balaban J connectivity index is 1.65. The molecule has 146 valence electrons. The second-order valence-corrected chi connectivity index (χ2v) is 7.15. The van der Waals surface area contributed by atoms with E-state index in [0.29, 0.717) is 23.7 Å². The van der Waals surface area contributed by atoms with Crippen molar-refractivity contribution in [3.63, 3.8) is 0 Å². The van der Waals surface area contributed by atoms with E-state index in [0.717, 1.165) is 23.4 Å². The van der Waals surface area contributed by atoms with Gasteiger partial charge in [0, 0.05) is 17.5 Å². The van der Waals surface area contributed by atoms with Crippen LogP contribution in [0, 0.1) is 5.92 Å². The number of fused-ring (bicyclic) bond motifs is 1. The highest BCUT2D eigenvalue weighted by Crippen LogP contribution is 2.27. The van der Waals surface area contributed by atoms with Gasteiger partial charge in [-0.2, -0.15) is 5.10 Å². The molecule has 6 nitrogen and oxygen atoms in total. The molecule has 1 aliphatic rings. The zero-order chi connectivity index (χ0) is 20.2. The van der Waals surface area contributed by atoms with Crippen LogP contribution in [0.15, 0.2) is 81.0 Å². The molecule has 6 heteroatoms. The predicted molar refractivity (Wildman–Crippen MR) is 113 cm³/mol. The Labute approximate surface area is 168 Å². The first kappa shape index (κ1) is 18.7. The van der Waals surface area contributed by atoms with Gasteiger partial charge in [-0.1, -0.05) is 43.3 Å². The second kappa shape index (κ2) is 8.14. The van der Waals surface area contributed by atoms with Crippen molar-refractivity contribution in [1.29, 1.82) is 0 Å². The summed E-state index contributed by atoms with van der Waals surface area (Å²) in [6.45, 7) is 2.09. The highest BCUT2D eigenvalue weighted by molar-refractivity contribution is 6.06. The topological polar surface area (TPSA) is 83.7 Å². The average Bonchev–Trinajstić information content (AvgIpc) is 2.74. The smallest absolute Gasteiger partial charge is 0.359 e. The largest absolute Gasteiger partial charge is 0.426 e. The summed E-state index contributed by atoms with van der Waals surface area (Å²) in [5.74, 6) is 0.537. The van der Waals surface area contributed by atoms with Crippen molar-refractivity contribution in [2.75, 3.05) is 10.7 Å². The molecule has 0 saturated heterocycles. The van der Waals surface area contributed by atoms with E-state index >= 15 is 0 Å². The van der Waals surface area contributed by atoms with E-state index < -0.39 is 5.63 Å². The van der Waals surface area contributed by atoms with E-state index in [1.165, 1.54) is 0 Å². The van der Waals surface area contributed by atoms with E-state index in [-0.39, 0.29) is 11.6 Å². The van der Waals surface area contributed by atoms with Crippen molar-refractivity contribution < 1.29 is 9.21 Å². The maximum atomic E-state index is 12.4. The Bertz CT molecular complexity index is 1110. The molecule has 2 aromatic carbocycles. The van der Waals surface area contributed by atoms with Crippen LogP contribution in [0.1, 0.15) is 35.0 Å². The summed E-state index contributed by atoms with van der Waals surface area (Å²) in [5, 5.41) is 7.21. The zero-order valence-electron chi connectivity index (χ0n) is 16.0. The molecule has 1 unspecified atom stereocenters. The minimum atomic E-state index is -0.558. The first-order valence-electron chi connectivity index (χ1n) is 9.51. The zero-order valence-corrected chi connectivity index (χ0v) is 16.0. The van der Waals surface area contributed by atoms with Crippen LogP contribution in [0.25, 0.3) is 0 Å². The van der Waals surface area contributed by atoms with Crippen LogP contribution in [0.3, 0.4) is 0 Å². The first-order chi connectivity index (χ1) is 14.1. The predicted octanol–water partition coefficient (Wildman–Crippen LogP) is 4.29. The Morgan fingerprint density at radius 1 is 1.03 bits per heavy atom. The van der Waals surface area contributed by atoms with Gasteiger partial charge in [0.2, 0.25) is 0 Å². The highest BCUT2D eigenvalue weighted by atomic mass is 16.4. The Morgan fingerprint density at radius 2 is 1.72 bits per heavy atom. The number of carbonyl (C=O) groups excluding carboxylic acids is 1. The van der Waals surface area contributed by atoms with Gasteiger partial charge in [-0.25, -0.2) is 4.79 Å². The molecule has 0 saturated carbocycles. The molecule has 1 heterocycles. The molecule has 2 N–H and O–H groups in total. The first-order valence-corrected chi connectivity index (χ1v) is 9.51. The summed E-state index contributed by atoms with van der Waals surface area (Å²) in [7, 11) is 0. The van der Waals surface area contributed by atoms with E-state index in [9.17, 15) is 9.59 Å². The Kier molecular flexibility index (Phi) is 5.24. The van der Waals surface area contributed by atoms with Crippen LogP contribution in [0.4, 0.5) is 11.4 Å². The number of anilines is 2. The third kappa shape index (κ3) is 4.27. The summed E-state index contributed by atoms with van der Waals surface area (Å²) >= 11 is 0. The van der Waals surface area contributed by atoms with Crippen LogP contribution < -0.4 is 16.4 Å². The number of nitrogens with one attached hydrogen (secondary N) is 2. The summed E-state index contributed by atoms with van der Waals surface area (Å²) in [5.41, 5.74) is 5.49. The number of rotatable bonds is 4. The van der Waals surface area contributed by atoms with E-state index in [4.69, 9.17) is 4.42 Å². The number of amides is 1. The summed E-state index contributed by atoms with van der Waals surface area (Å²) in [6.07, 6.45) is 1.40. The molecule has 0 bridgehead atoms. The maximum absolute atomic E-state index is 12.4. The summed E-state index contributed by atoms with van der Waals surface area (Å²) in [4.78, 5) is 24.9. The third-order valence-corrected chi connectivity index (χ3v) is 4.79. The van der Waals surface area contributed by atoms with Crippen LogP contribution in [0.2, 0.25) is 0 Å². The summed E-state index contributed by atoms with van der Waals surface area (Å²) in [6, 6.07) is 20.0. The number of hydrazone groups is 1. The van der Waals surface area contributed by atoms with Gasteiger partial charge in [0.15, 0.2) is 0 Å². The molecule has 0 fully saturated rings. The molecule has 0 radical (unpaired) electrons. The molecular formula is C23H21N3O3. The third-order valence-electron chi connectivity index (χ3n) is 4.79. The molecule has 3 aromatic rings. The van der Waals surface area contributed by atoms with Gasteiger partial charge in [-0.15, -0.1) is 0 Å². The molecular weight excluding hydrogens is 366 g/mol. The fourth-order valence-electron chi connectivity index (χ4n) is 3.35. The quantitative estimate of drug-likeness (QED) is 0.654. The second-order valence-electron chi connectivity index (χ2n) is 7.15. The van der Waals surface area contributed by atoms with Crippen molar-refractivity contribution in [3.05, 3.63) is 94.0 Å². The Hall–Kier alpha value is -3.67. The number of para-hydroxylation sites is 1. The number of benzene rings is 2. The minimum Gasteiger partial charge on any atom is -0.426 e. The standard InChI is InChI=1S/C23H21N3O3/c1-15-12-19(26-25-17-10-6-3-7-11-17)18-14-20(23(28)29-21(18)13-15)24-22(27)16-8-4-2-5-9-16/h2-11,14-15,25H,12-13H2,1H3,(H,24,27)/b26-19+. The van der Waals surface area contributed by atoms with Crippen LogP contribution >= 0.6 is 0 Å². The van der Waals surface area contributed by atoms with Gasteiger partial charge < -0.3 is 9.73 Å². The summed E-state index contributed by atoms with van der Waals surface area (Å²) < 4.78 is 5.54. The fraction of sp³-hybridized carbons (Fsp3) is 0.174. The Morgan fingerprint density at radius 3 is 2.45 bits per heavy atom. The molecule has 4 rings (SSSR count). The molecule has 0 aliphatic heterocycles. The van der Waals surface area contributed by atoms with Gasteiger partial charge >= 0.3 is 5.63 Å². The normalized spacial score (nSPS) is 16.9. The van der Waals surface area contributed by atoms with Gasteiger partial charge in [0.25, 0.3) is 5.91 Å². The number of nitrogens with zero attached hydrogens (tertiary/aromatic N) is 1. The van der Waals surface area contributed by atoms with Gasteiger partial charge in [0.1, 0.15) is 11.4 Å². The van der Waals surface area contributed by atoms with E-state index in [1.54, 1.807) is 30.3 Å². The molecule has 1 atom stereocenters. The van der Waals surface area contributed by atoms with Crippen molar-refractivity contribution in [3.8, 4) is 0 Å². The lowest BCUT2D eigenvalue weighted by atomic mass is 9.87. The van der Waals surface area contributed by atoms with Crippen molar-refractivity contribution in [2.24, 2.45) is 11.0 Å². The van der Waals surface area contributed by atoms with Gasteiger partial charge in [0.05, 0.1) is 11.4 Å².